The Labute approximate surface area is 143 Å². The average molecular weight is 376 g/mol. The third-order valence-electron chi connectivity index (χ3n) is 3.19. The monoisotopic (exact) mass is 375 g/mol. The van der Waals surface area contributed by atoms with Gasteiger partial charge >= 0.3 is 5.97 Å². The van der Waals surface area contributed by atoms with E-state index in [1.807, 2.05) is 48.5 Å². The van der Waals surface area contributed by atoms with E-state index < -0.39 is 5.97 Å². The molecule has 0 aliphatic carbocycles. The molecule has 6 heteroatoms. The van der Waals surface area contributed by atoms with Crippen LogP contribution >= 0.6 is 15.9 Å². The molecule has 2 aromatic rings. The van der Waals surface area contributed by atoms with Crippen molar-refractivity contribution in [3.05, 3.63) is 70.1 Å². The normalized spacial score (nSPS) is 11.6. The number of benzene rings is 2. The van der Waals surface area contributed by atoms with Crippen molar-refractivity contribution >= 4 is 21.9 Å². The largest absolute Gasteiger partial charge is 0.407 e. The van der Waals surface area contributed by atoms with Crippen molar-refractivity contribution in [1.29, 1.82) is 0 Å². The quantitative estimate of drug-likeness (QED) is 0.323. The molecule has 23 heavy (non-hydrogen) atoms. The standard InChI is InChI=1S/C17H18BrN3O2/c1-11(22)23-17(21-20)16(19)10-12-2-4-13(5-3-12)14-6-8-15(18)9-7-14/h2-9,21H,10,19-20H2,1H3/b17-16+. The molecular weight excluding hydrogens is 358 g/mol. The van der Waals surface area contributed by atoms with Gasteiger partial charge in [-0.1, -0.05) is 52.3 Å². The summed E-state index contributed by atoms with van der Waals surface area (Å²) >= 11 is 3.42. The number of hydrogen-bond donors (Lipinski definition) is 3. The highest BCUT2D eigenvalue weighted by atomic mass is 79.9. The van der Waals surface area contributed by atoms with Gasteiger partial charge in [-0.15, -0.1) is 0 Å². The van der Waals surface area contributed by atoms with Gasteiger partial charge in [-0.2, -0.15) is 0 Å². The number of ether oxygens (including phenoxy) is 1. The van der Waals surface area contributed by atoms with Gasteiger partial charge in [-0.3, -0.25) is 10.2 Å². The van der Waals surface area contributed by atoms with Crippen LogP contribution in [0.25, 0.3) is 11.1 Å². The SMILES string of the molecule is CC(=O)O/C(NN)=C(/N)Cc1ccc(-c2ccc(Br)cc2)cc1. The summed E-state index contributed by atoms with van der Waals surface area (Å²) in [7, 11) is 0. The summed E-state index contributed by atoms with van der Waals surface area (Å²) in [5.41, 5.74) is 11.8. The van der Waals surface area contributed by atoms with Gasteiger partial charge in [0.05, 0.1) is 5.70 Å². The van der Waals surface area contributed by atoms with Gasteiger partial charge < -0.3 is 10.5 Å². The molecule has 0 heterocycles. The van der Waals surface area contributed by atoms with E-state index in [0.717, 1.165) is 21.2 Å². The Balaban J connectivity index is 2.14. The van der Waals surface area contributed by atoms with Crippen molar-refractivity contribution < 1.29 is 9.53 Å². The van der Waals surface area contributed by atoms with Crippen molar-refractivity contribution in [2.75, 3.05) is 0 Å². The molecule has 0 unspecified atom stereocenters. The van der Waals surface area contributed by atoms with Crippen LogP contribution in [0.1, 0.15) is 12.5 Å². The lowest BCUT2D eigenvalue weighted by Gasteiger charge is -2.11. The van der Waals surface area contributed by atoms with Crippen molar-refractivity contribution in [1.82, 2.24) is 5.43 Å². The molecule has 0 aliphatic heterocycles. The highest BCUT2D eigenvalue weighted by Gasteiger charge is 2.08. The minimum Gasteiger partial charge on any atom is -0.407 e. The van der Waals surface area contributed by atoms with Crippen LogP contribution in [-0.2, 0) is 16.0 Å². The van der Waals surface area contributed by atoms with E-state index >= 15 is 0 Å². The predicted molar refractivity (Wildman–Crippen MR) is 93.6 cm³/mol. The van der Waals surface area contributed by atoms with Crippen molar-refractivity contribution in [3.63, 3.8) is 0 Å². The van der Waals surface area contributed by atoms with E-state index in [4.69, 9.17) is 16.3 Å². The fourth-order valence-electron chi connectivity index (χ4n) is 2.09. The van der Waals surface area contributed by atoms with Crippen LogP contribution in [0.2, 0.25) is 0 Å². The van der Waals surface area contributed by atoms with E-state index in [1.165, 1.54) is 6.92 Å². The molecular formula is C17H18BrN3O2. The molecule has 5 nitrogen and oxygen atoms in total. The van der Waals surface area contributed by atoms with Crippen LogP contribution in [0.15, 0.2) is 64.6 Å². The maximum atomic E-state index is 11.0. The van der Waals surface area contributed by atoms with Gasteiger partial charge in [-0.25, -0.2) is 5.84 Å². The molecule has 0 amide bonds. The maximum Gasteiger partial charge on any atom is 0.309 e. The van der Waals surface area contributed by atoms with Crippen LogP contribution < -0.4 is 17.0 Å². The van der Waals surface area contributed by atoms with Crippen LogP contribution in [0.5, 0.6) is 0 Å². The zero-order valence-electron chi connectivity index (χ0n) is 12.7. The number of rotatable bonds is 5. The first-order valence-electron chi connectivity index (χ1n) is 6.98. The lowest BCUT2D eigenvalue weighted by atomic mass is 10.0. The number of esters is 1. The zero-order chi connectivity index (χ0) is 16.8. The Bertz CT molecular complexity index is 710. The fraction of sp³-hybridized carbons (Fsp3) is 0.118. The number of halogens is 1. The first-order chi connectivity index (χ1) is 11.0. The molecule has 5 N–H and O–H groups in total. The number of hydrogen-bond acceptors (Lipinski definition) is 5. The van der Waals surface area contributed by atoms with E-state index in [9.17, 15) is 4.79 Å². The molecule has 0 aromatic heterocycles. The Morgan fingerprint density at radius 1 is 1.09 bits per heavy atom. The highest BCUT2D eigenvalue weighted by Crippen LogP contribution is 2.22. The zero-order valence-corrected chi connectivity index (χ0v) is 14.3. The molecule has 0 fully saturated rings. The fourth-order valence-corrected chi connectivity index (χ4v) is 2.35. The second-order valence-electron chi connectivity index (χ2n) is 4.97. The molecule has 2 aromatic carbocycles. The van der Waals surface area contributed by atoms with E-state index in [-0.39, 0.29) is 5.88 Å². The van der Waals surface area contributed by atoms with Crippen LogP contribution in [-0.4, -0.2) is 5.97 Å². The Hall–Kier alpha value is -2.31. The number of hydrazine groups is 1. The molecule has 0 bridgehead atoms. The van der Waals surface area contributed by atoms with Crippen molar-refractivity contribution in [3.8, 4) is 11.1 Å². The molecule has 0 aliphatic rings. The number of carbonyl (C=O) groups is 1. The summed E-state index contributed by atoms with van der Waals surface area (Å²) in [6, 6.07) is 16.1. The number of allylic oxidation sites excluding steroid dienone is 1. The summed E-state index contributed by atoms with van der Waals surface area (Å²) in [5.74, 6) is 4.92. The minimum absolute atomic E-state index is 0.0782. The number of nitrogens with one attached hydrogen (secondary N) is 1. The summed E-state index contributed by atoms with van der Waals surface area (Å²) in [4.78, 5) is 11.0. The molecule has 0 atom stereocenters. The minimum atomic E-state index is -0.480. The summed E-state index contributed by atoms with van der Waals surface area (Å²) in [6.45, 7) is 1.29. The van der Waals surface area contributed by atoms with Crippen LogP contribution in [0, 0.1) is 0 Å². The smallest absolute Gasteiger partial charge is 0.309 e. The molecule has 0 radical (unpaired) electrons. The predicted octanol–water partition coefficient (Wildman–Crippen LogP) is 2.81. The lowest BCUT2D eigenvalue weighted by Crippen LogP contribution is -2.28. The van der Waals surface area contributed by atoms with E-state index in [1.54, 1.807) is 0 Å². The van der Waals surface area contributed by atoms with E-state index in [0.29, 0.717) is 12.1 Å². The van der Waals surface area contributed by atoms with Gasteiger partial charge in [-0.05, 0) is 28.8 Å². The second kappa shape index (κ2) is 7.80. The molecule has 0 spiro atoms. The topological polar surface area (TPSA) is 90.4 Å². The molecule has 0 saturated heterocycles. The van der Waals surface area contributed by atoms with Gasteiger partial charge in [0, 0.05) is 17.8 Å². The van der Waals surface area contributed by atoms with Crippen molar-refractivity contribution in [2.45, 2.75) is 13.3 Å². The Morgan fingerprint density at radius 2 is 1.61 bits per heavy atom. The van der Waals surface area contributed by atoms with Gasteiger partial charge in [0.2, 0.25) is 5.88 Å². The van der Waals surface area contributed by atoms with Crippen LogP contribution in [0.4, 0.5) is 0 Å². The Kier molecular flexibility index (Phi) is 5.78. The maximum absolute atomic E-state index is 11.0. The second-order valence-corrected chi connectivity index (χ2v) is 5.89. The first kappa shape index (κ1) is 17.1. The summed E-state index contributed by atoms with van der Waals surface area (Å²) in [6.07, 6.45) is 0.424. The summed E-state index contributed by atoms with van der Waals surface area (Å²) < 4.78 is 5.96. The van der Waals surface area contributed by atoms with Gasteiger partial charge in [0.1, 0.15) is 0 Å². The van der Waals surface area contributed by atoms with E-state index in [2.05, 4.69) is 21.4 Å². The highest BCUT2D eigenvalue weighted by molar-refractivity contribution is 9.10. The van der Waals surface area contributed by atoms with Gasteiger partial charge in [0.15, 0.2) is 0 Å². The lowest BCUT2D eigenvalue weighted by molar-refractivity contribution is -0.137. The van der Waals surface area contributed by atoms with Crippen molar-refractivity contribution in [2.24, 2.45) is 11.6 Å². The number of nitrogens with two attached hydrogens (primary N) is 2. The Morgan fingerprint density at radius 3 is 2.09 bits per heavy atom. The molecule has 120 valence electrons. The summed E-state index contributed by atoms with van der Waals surface area (Å²) in [5, 5.41) is 0. The number of carbonyl (C=O) groups excluding carboxylic acids is 1. The van der Waals surface area contributed by atoms with Crippen LogP contribution in [0.3, 0.4) is 0 Å². The third kappa shape index (κ3) is 4.84. The third-order valence-corrected chi connectivity index (χ3v) is 3.72. The first-order valence-corrected chi connectivity index (χ1v) is 7.77. The average Bonchev–Trinajstić information content (AvgIpc) is 2.54. The molecule has 0 saturated carbocycles. The molecule has 2 rings (SSSR count). The van der Waals surface area contributed by atoms with Gasteiger partial charge in [0.25, 0.3) is 0 Å².